The second-order valence-corrected chi connectivity index (χ2v) is 9.87. The summed E-state index contributed by atoms with van der Waals surface area (Å²) in [6.07, 6.45) is -4.88. The van der Waals surface area contributed by atoms with E-state index in [9.17, 15) is 21.6 Å². The molecule has 1 atom stereocenters. The summed E-state index contributed by atoms with van der Waals surface area (Å²) < 4.78 is 74.7. The van der Waals surface area contributed by atoms with Crippen molar-refractivity contribution in [1.82, 2.24) is 10.0 Å². The van der Waals surface area contributed by atoms with Gasteiger partial charge in [0.15, 0.2) is 0 Å². The summed E-state index contributed by atoms with van der Waals surface area (Å²) in [7, 11) is -2.55. The molecule has 2 N–H and O–H groups in total. The predicted molar refractivity (Wildman–Crippen MR) is 127 cm³/mol. The summed E-state index contributed by atoms with van der Waals surface area (Å²) in [5, 5.41) is 3.75. The van der Waals surface area contributed by atoms with E-state index in [1.807, 2.05) is 24.3 Å². The van der Waals surface area contributed by atoms with Gasteiger partial charge in [0.25, 0.3) is 0 Å². The lowest BCUT2D eigenvalue weighted by Gasteiger charge is -2.21. The van der Waals surface area contributed by atoms with Crippen LogP contribution in [0.15, 0.2) is 71.6 Å². The fourth-order valence-corrected chi connectivity index (χ4v) is 4.67. The van der Waals surface area contributed by atoms with Crippen molar-refractivity contribution in [3.05, 3.63) is 87.9 Å². The Bertz CT molecular complexity index is 1240. The molecular formula is C23H21Cl2F3N2O4S. The minimum atomic E-state index is -4.88. The number of rotatable bonds is 10. The molecule has 0 aliphatic rings. The highest BCUT2D eigenvalue weighted by atomic mass is 35.5. The zero-order chi connectivity index (χ0) is 25.6. The van der Waals surface area contributed by atoms with Crippen LogP contribution in [-0.2, 0) is 16.6 Å². The minimum Gasteiger partial charge on any atom is -0.497 e. The molecule has 6 nitrogen and oxygen atoms in total. The van der Waals surface area contributed by atoms with Crippen LogP contribution in [-0.4, -0.2) is 28.4 Å². The van der Waals surface area contributed by atoms with Gasteiger partial charge >= 0.3 is 6.36 Å². The van der Waals surface area contributed by atoms with Crippen LogP contribution in [0.3, 0.4) is 0 Å². The molecule has 0 bridgehead atoms. The molecule has 0 heterocycles. The number of alkyl halides is 3. The summed E-state index contributed by atoms with van der Waals surface area (Å²) in [4.78, 5) is -0.229. The summed E-state index contributed by atoms with van der Waals surface area (Å²) >= 11 is 12.1. The number of nitrogens with one attached hydrogen (secondary N) is 2. The maximum atomic E-state index is 13.0. The summed E-state index contributed by atoms with van der Waals surface area (Å²) in [5.74, 6) is 0.181. The predicted octanol–water partition coefficient (Wildman–Crippen LogP) is 5.71. The first-order valence-corrected chi connectivity index (χ1v) is 12.4. The van der Waals surface area contributed by atoms with E-state index in [-0.39, 0.29) is 16.5 Å². The number of sulfonamides is 1. The van der Waals surface area contributed by atoms with Crippen LogP contribution in [0.25, 0.3) is 0 Å². The maximum Gasteiger partial charge on any atom is 0.573 e. The standard InChI is InChI=1S/C23H21Cl2F3N2O4S/c1-33-17-5-2-15(3-6-17)13-29-14-22(16-4-11-20(24)21(25)12-16)30-35(31,32)19-9-7-18(8-10-19)34-23(26,27)28/h2-12,22,29-30H,13-14H2,1H3/t22-/m1/s1. The van der Waals surface area contributed by atoms with E-state index in [2.05, 4.69) is 14.8 Å². The van der Waals surface area contributed by atoms with Gasteiger partial charge in [0, 0.05) is 13.1 Å². The smallest absolute Gasteiger partial charge is 0.497 e. The molecule has 0 saturated heterocycles. The van der Waals surface area contributed by atoms with E-state index in [0.29, 0.717) is 22.9 Å². The van der Waals surface area contributed by atoms with Crippen LogP contribution >= 0.6 is 23.2 Å². The van der Waals surface area contributed by atoms with E-state index in [1.54, 1.807) is 25.3 Å². The largest absolute Gasteiger partial charge is 0.573 e. The highest BCUT2D eigenvalue weighted by molar-refractivity contribution is 7.89. The van der Waals surface area contributed by atoms with Crippen LogP contribution in [0.2, 0.25) is 10.0 Å². The summed E-state index contributed by atoms with van der Waals surface area (Å²) in [5.41, 5.74) is 1.49. The maximum absolute atomic E-state index is 13.0. The molecular weight excluding hydrogens is 528 g/mol. The van der Waals surface area contributed by atoms with Crippen molar-refractivity contribution >= 4 is 33.2 Å². The van der Waals surface area contributed by atoms with Crippen LogP contribution in [0, 0.1) is 0 Å². The average molecular weight is 549 g/mol. The Morgan fingerprint density at radius 3 is 2.11 bits per heavy atom. The molecule has 0 aliphatic heterocycles. The fourth-order valence-electron chi connectivity index (χ4n) is 3.14. The van der Waals surface area contributed by atoms with Gasteiger partial charge < -0.3 is 14.8 Å². The van der Waals surface area contributed by atoms with Gasteiger partial charge in [-0.2, -0.15) is 0 Å². The van der Waals surface area contributed by atoms with Gasteiger partial charge in [-0.1, -0.05) is 41.4 Å². The van der Waals surface area contributed by atoms with Gasteiger partial charge in [0.1, 0.15) is 11.5 Å². The third-order valence-electron chi connectivity index (χ3n) is 4.85. The lowest BCUT2D eigenvalue weighted by atomic mass is 10.1. The lowest BCUT2D eigenvalue weighted by molar-refractivity contribution is -0.274. The van der Waals surface area contributed by atoms with Crippen LogP contribution < -0.4 is 19.5 Å². The number of hydrogen-bond acceptors (Lipinski definition) is 5. The van der Waals surface area contributed by atoms with Gasteiger partial charge in [0.2, 0.25) is 10.0 Å². The van der Waals surface area contributed by atoms with E-state index in [1.165, 1.54) is 0 Å². The zero-order valence-electron chi connectivity index (χ0n) is 18.3. The molecule has 3 aromatic rings. The van der Waals surface area contributed by atoms with Crippen molar-refractivity contribution in [2.75, 3.05) is 13.7 Å². The highest BCUT2D eigenvalue weighted by Gasteiger charge is 2.31. The molecule has 0 spiro atoms. The molecule has 0 aromatic heterocycles. The summed E-state index contributed by atoms with van der Waals surface area (Å²) in [6, 6.07) is 15.2. The molecule has 3 aromatic carbocycles. The van der Waals surface area contributed by atoms with Crippen molar-refractivity contribution in [2.24, 2.45) is 0 Å². The Hall–Kier alpha value is -2.50. The second-order valence-electron chi connectivity index (χ2n) is 7.35. The van der Waals surface area contributed by atoms with E-state index in [4.69, 9.17) is 27.9 Å². The Kier molecular flexibility index (Phi) is 8.89. The Balaban J connectivity index is 1.77. The Labute approximate surface area is 211 Å². The monoisotopic (exact) mass is 548 g/mol. The average Bonchev–Trinajstić information content (AvgIpc) is 2.80. The number of hydrogen-bond donors (Lipinski definition) is 2. The second kappa shape index (κ2) is 11.5. The number of halogens is 5. The van der Waals surface area contributed by atoms with Gasteiger partial charge in [-0.3, -0.25) is 0 Å². The van der Waals surface area contributed by atoms with E-state index < -0.39 is 28.2 Å². The van der Waals surface area contributed by atoms with Crippen molar-refractivity contribution in [3.8, 4) is 11.5 Å². The third-order valence-corrected chi connectivity index (χ3v) is 7.07. The normalized spacial score (nSPS) is 12.9. The van der Waals surface area contributed by atoms with Crippen molar-refractivity contribution in [1.29, 1.82) is 0 Å². The molecule has 12 heteroatoms. The minimum absolute atomic E-state index is 0.179. The molecule has 188 valence electrons. The number of benzene rings is 3. The van der Waals surface area contributed by atoms with Gasteiger partial charge in [-0.15, -0.1) is 13.2 Å². The van der Waals surface area contributed by atoms with Crippen LogP contribution in [0.1, 0.15) is 17.2 Å². The summed E-state index contributed by atoms with van der Waals surface area (Å²) in [6.45, 7) is 0.617. The van der Waals surface area contributed by atoms with Crippen molar-refractivity contribution < 1.29 is 31.1 Å². The van der Waals surface area contributed by atoms with Crippen LogP contribution in [0.5, 0.6) is 11.5 Å². The first kappa shape index (κ1) is 27.1. The molecule has 0 fully saturated rings. The van der Waals surface area contributed by atoms with Crippen LogP contribution in [0.4, 0.5) is 13.2 Å². The fraction of sp³-hybridized carbons (Fsp3) is 0.217. The number of methoxy groups -OCH3 is 1. The molecule has 0 unspecified atom stereocenters. The topological polar surface area (TPSA) is 76.7 Å². The number of ether oxygens (including phenoxy) is 2. The molecule has 0 amide bonds. The molecule has 0 saturated carbocycles. The third kappa shape index (κ3) is 8.01. The highest BCUT2D eigenvalue weighted by Crippen LogP contribution is 2.28. The first-order valence-electron chi connectivity index (χ1n) is 10.1. The SMILES string of the molecule is COc1ccc(CNC[C@@H](NS(=O)(=O)c2ccc(OC(F)(F)F)cc2)c2ccc(Cl)c(Cl)c2)cc1. The van der Waals surface area contributed by atoms with Crippen molar-refractivity contribution in [3.63, 3.8) is 0 Å². The Morgan fingerprint density at radius 1 is 0.914 bits per heavy atom. The quantitative estimate of drug-likeness (QED) is 0.339. The van der Waals surface area contributed by atoms with E-state index >= 15 is 0 Å². The molecule has 0 aliphatic carbocycles. The molecule has 0 radical (unpaired) electrons. The Morgan fingerprint density at radius 2 is 1.54 bits per heavy atom. The molecule has 35 heavy (non-hydrogen) atoms. The van der Waals surface area contributed by atoms with Gasteiger partial charge in [-0.05, 0) is 59.7 Å². The van der Waals surface area contributed by atoms with E-state index in [0.717, 1.165) is 29.8 Å². The lowest BCUT2D eigenvalue weighted by Crippen LogP contribution is -2.35. The first-order chi connectivity index (χ1) is 16.5. The zero-order valence-corrected chi connectivity index (χ0v) is 20.6. The molecule has 3 rings (SSSR count). The van der Waals surface area contributed by atoms with Crippen molar-refractivity contribution in [2.45, 2.75) is 23.8 Å². The van der Waals surface area contributed by atoms with Gasteiger partial charge in [0.05, 0.1) is 28.1 Å². The van der Waals surface area contributed by atoms with Gasteiger partial charge in [-0.25, -0.2) is 13.1 Å².